The Morgan fingerprint density at radius 1 is 1.00 bits per heavy atom. The minimum Gasteiger partial charge on any atom is -0.323 e. The van der Waals surface area contributed by atoms with Crippen LogP contribution in [0.4, 0.5) is 10.1 Å². The number of carbonyl (C=O) groups excluding carboxylic acids is 3. The van der Waals surface area contributed by atoms with Crippen LogP contribution in [0, 0.1) is 5.82 Å². The molecule has 0 aliphatic heterocycles. The maximum atomic E-state index is 13.2. The number of rotatable bonds is 4. The van der Waals surface area contributed by atoms with Crippen LogP contribution >= 0.6 is 15.9 Å². The number of nitrogens with one attached hydrogen (secondary N) is 3. The second-order valence-electron chi connectivity index (χ2n) is 4.80. The van der Waals surface area contributed by atoms with E-state index >= 15 is 0 Å². The van der Waals surface area contributed by atoms with Gasteiger partial charge in [-0.2, -0.15) is 0 Å². The topological polar surface area (TPSA) is 87.3 Å². The van der Waals surface area contributed by atoms with Gasteiger partial charge in [0.25, 0.3) is 11.8 Å². The summed E-state index contributed by atoms with van der Waals surface area (Å²) in [6.07, 6.45) is 1.13. The molecule has 8 heteroatoms. The van der Waals surface area contributed by atoms with Gasteiger partial charge in [-0.3, -0.25) is 25.2 Å². The van der Waals surface area contributed by atoms with Crippen molar-refractivity contribution in [2.24, 2.45) is 0 Å². The first-order chi connectivity index (χ1) is 11.9. The van der Waals surface area contributed by atoms with Crippen molar-refractivity contribution < 1.29 is 18.8 Å². The van der Waals surface area contributed by atoms with Gasteiger partial charge in [0, 0.05) is 15.7 Å². The summed E-state index contributed by atoms with van der Waals surface area (Å²) in [4.78, 5) is 35.2. The molecule has 0 unspecified atom stereocenters. The Hall–Kier alpha value is -3.00. The number of amides is 3. The zero-order valence-corrected chi connectivity index (χ0v) is 14.4. The summed E-state index contributed by atoms with van der Waals surface area (Å²) in [6.45, 7) is 3.34. The number of carbonyl (C=O) groups is 3. The lowest BCUT2D eigenvalue weighted by Gasteiger charge is -2.09. The Labute approximate surface area is 151 Å². The van der Waals surface area contributed by atoms with Crippen molar-refractivity contribution in [1.29, 1.82) is 0 Å². The van der Waals surface area contributed by atoms with Crippen molar-refractivity contribution in [3.05, 3.63) is 76.5 Å². The van der Waals surface area contributed by atoms with Crippen LogP contribution in [-0.2, 0) is 4.79 Å². The van der Waals surface area contributed by atoms with E-state index in [9.17, 15) is 18.8 Å². The molecule has 0 heterocycles. The van der Waals surface area contributed by atoms with Crippen molar-refractivity contribution in [3.8, 4) is 0 Å². The third-order valence-corrected chi connectivity index (χ3v) is 3.75. The lowest BCUT2D eigenvalue weighted by molar-refractivity contribution is -0.111. The molecule has 0 atom stereocenters. The van der Waals surface area contributed by atoms with Crippen LogP contribution in [0.1, 0.15) is 20.7 Å². The van der Waals surface area contributed by atoms with Crippen LogP contribution < -0.4 is 16.2 Å². The highest BCUT2D eigenvalue weighted by Gasteiger charge is 2.13. The van der Waals surface area contributed by atoms with Crippen molar-refractivity contribution in [2.45, 2.75) is 0 Å². The first-order valence-electron chi connectivity index (χ1n) is 7.00. The van der Waals surface area contributed by atoms with Crippen molar-refractivity contribution in [2.75, 3.05) is 5.32 Å². The Morgan fingerprint density at radius 2 is 1.64 bits per heavy atom. The van der Waals surface area contributed by atoms with Crippen molar-refractivity contribution >= 4 is 39.3 Å². The maximum Gasteiger partial charge on any atom is 0.270 e. The van der Waals surface area contributed by atoms with Gasteiger partial charge in [-0.1, -0.05) is 6.58 Å². The second-order valence-corrected chi connectivity index (χ2v) is 5.66. The fourth-order valence-corrected chi connectivity index (χ4v) is 2.25. The predicted octanol–water partition coefficient (Wildman–Crippen LogP) is 2.79. The Morgan fingerprint density at radius 3 is 2.28 bits per heavy atom. The fourth-order valence-electron chi connectivity index (χ4n) is 1.82. The molecular weight excluding hydrogens is 393 g/mol. The number of hydrazine groups is 1. The van der Waals surface area contributed by atoms with E-state index in [1.165, 1.54) is 36.4 Å². The molecule has 3 N–H and O–H groups in total. The van der Waals surface area contributed by atoms with E-state index in [1.54, 1.807) is 0 Å². The lowest BCUT2D eigenvalue weighted by atomic mass is 10.2. The summed E-state index contributed by atoms with van der Waals surface area (Å²) >= 11 is 3.13. The quantitative estimate of drug-likeness (QED) is 0.539. The van der Waals surface area contributed by atoms with Gasteiger partial charge in [-0.25, -0.2) is 4.39 Å². The summed E-state index contributed by atoms with van der Waals surface area (Å²) < 4.78 is 13.6. The van der Waals surface area contributed by atoms with Gasteiger partial charge >= 0.3 is 0 Å². The number of halogens is 2. The smallest absolute Gasteiger partial charge is 0.270 e. The van der Waals surface area contributed by atoms with Gasteiger partial charge in [0.05, 0.1) is 5.56 Å². The zero-order chi connectivity index (χ0) is 18.4. The van der Waals surface area contributed by atoms with E-state index in [0.29, 0.717) is 10.2 Å². The minimum absolute atomic E-state index is 0.0442. The Kier molecular flexibility index (Phi) is 6.02. The van der Waals surface area contributed by atoms with Crippen LogP contribution in [0.25, 0.3) is 0 Å². The summed E-state index contributed by atoms with van der Waals surface area (Å²) in [5.74, 6) is -2.18. The Balaban J connectivity index is 1.97. The van der Waals surface area contributed by atoms with Gasteiger partial charge < -0.3 is 5.32 Å². The zero-order valence-electron chi connectivity index (χ0n) is 12.8. The highest BCUT2D eigenvalue weighted by molar-refractivity contribution is 9.10. The van der Waals surface area contributed by atoms with Crippen LogP contribution in [0.5, 0.6) is 0 Å². The molecule has 0 aliphatic rings. The normalized spacial score (nSPS) is 9.84. The first kappa shape index (κ1) is 18.3. The molecule has 128 valence electrons. The summed E-state index contributed by atoms with van der Waals surface area (Å²) in [7, 11) is 0. The van der Waals surface area contributed by atoms with Gasteiger partial charge in [0.1, 0.15) is 5.82 Å². The van der Waals surface area contributed by atoms with Crippen LogP contribution in [0.15, 0.2) is 59.6 Å². The molecule has 0 spiro atoms. The van der Waals surface area contributed by atoms with Crippen molar-refractivity contribution in [3.63, 3.8) is 0 Å². The third-order valence-electron chi connectivity index (χ3n) is 3.06. The van der Waals surface area contributed by atoms with E-state index in [4.69, 9.17) is 0 Å². The molecule has 25 heavy (non-hydrogen) atoms. The molecule has 3 amide bonds. The first-order valence-corrected chi connectivity index (χ1v) is 7.79. The molecule has 0 aromatic heterocycles. The predicted molar refractivity (Wildman–Crippen MR) is 94.3 cm³/mol. The molecule has 2 aromatic rings. The molecule has 0 aliphatic carbocycles. The molecule has 0 radical (unpaired) electrons. The van der Waals surface area contributed by atoms with E-state index in [2.05, 4.69) is 38.7 Å². The monoisotopic (exact) mass is 405 g/mol. The minimum atomic E-state index is -0.672. The van der Waals surface area contributed by atoms with E-state index < -0.39 is 17.6 Å². The third kappa shape index (κ3) is 4.98. The molecule has 0 saturated heterocycles. The molecule has 0 fully saturated rings. The number of benzene rings is 2. The van der Waals surface area contributed by atoms with Gasteiger partial charge in [0.2, 0.25) is 5.91 Å². The van der Waals surface area contributed by atoms with Crippen LogP contribution in [-0.4, -0.2) is 17.7 Å². The average molecular weight is 406 g/mol. The maximum absolute atomic E-state index is 13.2. The van der Waals surface area contributed by atoms with E-state index in [1.807, 2.05) is 0 Å². The van der Waals surface area contributed by atoms with Gasteiger partial charge in [-0.15, -0.1) is 0 Å². The molecule has 2 aromatic carbocycles. The van der Waals surface area contributed by atoms with Crippen LogP contribution in [0.3, 0.4) is 0 Å². The average Bonchev–Trinajstić information content (AvgIpc) is 2.61. The van der Waals surface area contributed by atoms with Crippen molar-refractivity contribution in [1.82, 2.24) is 10.9 Å². The largest absolute Gasteiger partial charge is 0.323 e. The molecular formula is C17H13BrFN3O3. The highest BCUT2D eigenvalue weighted by Crippen LogP contribution is 2.17. The lowest BCUT2D eigenvalue weighted by Crippen LogP contribution is -2.41. The molecule has 6 nitrogen and oxygen atoms in total. The summed E-state index contributed by atoms with van der Waals surface area (Å²) in [6, 6.07) is 9.64. The molecule has 0 bridgehead atoms. The van der Waals surface area contributed by atoms with E-state index in [-0.39, 0.29) is 17.0 Å². The second kappa shape index (κ2) is 8.20. The van der Waals surface area contributed by atoms with Gasteiger partial charge in [-0.05, 0) is 64.5 Å². The SMILES string of the molecule is C=CC(=O)Nc1ccc(C(=O)NNC(=O)c2cc(F)ccc2Br)cc1. The highest BCUT2D eigenvalue weighted by atomic mass is 79.9. The number of hydrogen-bond donors (Lipinski definition) is 3. The Bertz CT molecular complexity index is 838. The fraction of sp³-hybridized carbons (Fsp3) is 0. The van der Waals surface area contributed by atoms with E-state index in [0.717, 1.165) is 12.1 Å². The number of hydrogen-bond acceptors (Lipinski definition) is 3. The summed E-state index contributed by atoms with van der Waals surface area (Å²) in [5, 5.41) is 2.54. The van der Waals surface area contributed by atoms with Gasteiger partial charge in [0.15, 0.2) is 0 Å². The summed E-state index contributed by atoms with van der Waals surface area (Å²) in [5.41, 5.74) is 5.23. The standard InChI is InChI=1S/C17H13BrFN3O3/c1-2-15(23)20-12-6-3-10(4-7-12)16(24)21-22-17(25)13-9-11(19)5-8-14(13)18/h2-9H,1H2,(H,20,23)(H,21,24)(H,22,25). The van der Waals surface area contributed by atoms with Crippen LogP contribution in [0.2, 0.25) is 0 Å². The molecule has 0 saturated carbocycles. The molecule has 2 rings (SSSR count). The number of anilines is 1.